The van der Waals surface area contributed by atoms with Crippen molar-refractivity contribution in [2.24, 2.45) is 0 Å². The average Bonchev–Trinajstić information content (AvgIpc) is 2.77. The van der Waals surface area contributed by atoms with Crippen LogP contribution in [0.2, 0.25) is 20.1 Å². The summed E-state index contributed by atoms with van der Waals surface area (Å²) >= 11 is 24.1. The Morgan fingerprint density at radius 1 is 0.349 bits per heavy atom. The Morgan fingerprint density at radius 2 is 0.590 bits per heavy atom. The summed E-state index contributed by atoms with van der Waals surface area (Å²) in [6.07, 6.45) is 0. The van der Waals surface area contributed by atoms with Gasteiger partial charge in [0.15, 0.2) is 92.9 Å². The molecule has 8 nitrogen and oxygen atoms in total. The molecular weight excluding hydrogens is 1250 g/mol. The lowest BCUT2D eigenvalue weighted by Gasteiger charge is -2.15. The minimum atomic E-state index is -6.29. The molecule has 0 amide bonds. The van der Waals surface area contributed by atoms with Crippen molar-refractivity contribution in [3.63, 3.8) is 0 Å². The Balaban J connectivity index is 0.000000239. The number of halogens is 20. The third-order valence-corrected chi connectivity index (χ3v) is 14.6. The third kappa shape index (κ3) is 11.4. The first-order chi connectivity index (χ1) is 38.8. The first kappa shape index (κ1) is 62.9. The number of methoxy groups -OCH3 is 2. The van der Waals surface area contributed by atoms with Gasteiger partial charge in [-0.05, 0) is 86.6 Å². The van der Waals surface area contributed by atoms with Gasteiger partial charge in [-0.2, -0.15) is 17.6 Å². The Bertz CT molecular complexity index is 3990. The third-order valence-electron chi connectivity index (χ3n) is 11.7. The van der Waals surface area contributed by atoms with Gasteiger partial charge in [0.1, 0.15) is 21.3 Å². The van der Waals surface area contributed by atoms with E-state index >= 15 is 0 Å². The van der Waals surface area contributed by atoms with Gasteiger partial charge in [-0.15, -0.1) is 0 Å². The molecule has 8 rings (SSSR count). The molecule has 0 radical (unpaired) electrons. The molecule has 0 heterocycles. The molecule has 0 spiro atoms. The molecule has 0 aliphatic heterocycles. The van der Waals surface area contributed by atoms with Crippen molar-refractivity contribution in [2.75, 3.05) is 14.2 Å². The molecule has 83 heavy (non-hydrogen) atoms. The number of ether oxygens (including phenoxy) is 4. The lowest BCUT2D eigenvalue weighted by Crippen LogP contribution is -2.17. The quantitative estimate of drug-likeness (QED) is 0.0639. The summed E-state index contributed by atoms with van der Waals surface area (Å²) in [5, 5.41) is 0.129. The minimum absolute atomic E-state index is 0.0156. The molecule has 0 N–H and O–H groups in total. The molecule has 0 saturated heterocycles. The van der Waals surface area contributed by atoms with E-state index < -0.39 is 170 Å². The van der Waals surface area contributed by atoms with Crippen molar-refractivity contribution in [3.8, 4) is 45.6 Å². The second-order valence-electron chi connectivity index (χ2n) is 16.7. The van der Waals surface area contributed by atoms with Gasteiger partial charge in [-0.25, -0.2) is 61.1 Å². The van der Waals surface area contributed by atoms with Crippen LogP contribution in [0.1, 0.15) is 43.0 Å². The number of carbonyl (C=O) groups excluding carboxylic acids is 2. The van der Waals surface area contributed by atoms with Crippen molar-refractivity contribution in [1.29, 1.82) is 0 Å². The van der Waals surface area contributed by atoms with E-state index in [1.54, 1.807) is 0 Å². The van der Waals surface area contributed by atoms with E-state index in [-0.39, 0.29) is 53.8 Å². The van der Waals surface area contributed by atoms with Gasteiger partial charge >= 0.3 is 0 Å². The van der Waals surface area contributed by atoms with Crippen molar-refractivity contribution >= 4 is 67.8 Å². The van der Waals surface area contributed by atoms with Crippen LogP contribution in [0.15, 0.2) is 82.6 Å². The van der Waals surface area contributed by atoms with Crippen LogP contribution < -0.4 is 18.9 Å². The van der Waals surface area contributed by atoms with Crippen LogP contribution in [0.4, 0.5) is 70.2 Å². The second kappa shape index (κ2) is 24.2. The summed E-state index contributed by atoms with van der Waals surface area (Å²) in [5.74, 6) is -43.2. The van der Waals surface area contributed by atoms with Crippen LogP contribution >= 0.6 is 46.4 Å². The number of hydrogen-bond acceptors (Lipinski definition) is 8. The molecule has 434 valence electrons. The predicted molar refractivity (Wildman–Crippen MR) is 265 cm³/mol. The van der Waals surface area contributed by atoms with Crippen LogP contribution in [0.3, 0.4) is 0 Å². The fourth-order valence-electron chi connectivity index (χ4n) is 7.55. The molecule has 0 fully saturated rings. The first-order valence-electron chi connectivity index (χ1n) is 22.2. The smallest absolute Gasteiger partial charge is 0.218 e. The van der Waals surface area contributed by atoms with Gasteiger partial charge < -0.3 is 18.9 Å². The Hall–Kier alpha value is -7.71. The monoisotopic (exact) mass is 1280 g/mol. The summed E-state index contributed by atoms with van der Waals surface area (Å²) in [7, 11) is -3.67. The van der Waals surface area contributed by atoms with Crippen LogP contribution in [0.5, 0.6) is 34.5 Å². The Kier molecular flexibility index (Phi) is 18.4. The van der Waals surface area contributed by atoms with Crippen LogP contribution in [0, 0.1) is 107 Å². The zero-order valence-electron chi connectivity index (χ0n) is 41.2. The highest BCUT2D eigenvalue weighted by atomic mass is 35.5. The molecule has 0 aromatic heterocycles. The number of benzene rings is 8. The molecular formula is C54H24Cl4F16O8S. The lowest BCUT2D eigenvalue weighted by atomic mass is 9.99. The normalized spacial score (nSPS) is 11.3. The largest absolute Gasteiger partial charge is 0.494 e. The number of ketones is 2. The summed E-state index contributed by atoms with van der Waals surface area (Å²) in [4.78, 5) is 20.5. The molecule has 0 aliphatic carbocycles. The van der Waals surface area contributed by atoms with Crippen LogP contribution in [-0.2, 0) is 9.84 Å². The fraction of sp³-hybridized carbons (Fsp3) is 0.0741. The van der Waals surface area contributed by atoms with Crippen molar-refractivity contribution in [2.45, 2.75) is 23.6 Å². The standard InChI is InChI=1S/C27H12Cl2F8O5S.C27H12Cl2F8O3/c1-9-15(30)19(34)26(20(35)16(9)31)43(39,40)27-21(36)17(32)25(18(33)22(27)37)42-12-5-3-10(4-6-12)23(38)11-7-13(28)24(41-2)14(29)8-11;1-9-17(30)19(32)15(20(33)18(9)31)16-21(34)23(36)27(24(37)22(16)35)40-12-5-3-10(4-6-12)25(38)11-7-13(28)26(39-2)14(29)8-11/h3-8H,1-2H3;3-8H,1-2H3. The molecule has 8 aromatic carbocycles. The fourth-order valence-corrected chi connectivity index (χ4v) is 10.3. The topological polar surface area (TPSA) is 105 Å². The Labute approximate surface area is 475 Å². The van der Waals surface area contributed by atoms with Crippen molar-refractivity contribution < 1.29 is 107 Å². The summed E-state index contributed by atoms with van der Waals surface area (Å²) in [6, 6.07) is 13.5. The van der Waals surface area contributed by atoms with Gasteiger partial charge in [0.2, 0.25) is 44.6 Å². The van der Waals surface area contributed by atoms with E-state index in [1.807, 2.05) is 0 Å². The van der Waals surface area contributed by atoms with Crippen molar-refractivity contribution in [3.05, 3.63) is 219 Å². The lowest BCUT2D eigenvalue weighted by molar-refractivity contribution is 0.103. The van der Waals surface area contributed by atoms with Gasteiger partial charge in [-0.3, -0.25) is 9.59 Å². The zero-order chi connectivity index (χ0) is 61.8. The predicted octanol–water partition coefficient (Wildman–Crippen LogP) is 17.4. The van der Waals surface area contributed by atoms with E-state index in [9.17, 15) is 88.3 Å². The maximum Gasteiger partial charge on any atom is 0.218 e. The summed E-state index contributed by atoms with van der Waals surface area (Å²) in [6.45, 7) is 1.18. The molecule has 29 heteroatoms. The Morgan fingerprint density at radius 3 is 0.867 bits per heavy atom. The first-order valence-corrected chi connectivity index (χ1v) is 25.2. The van der Waals surface area contributed by atoms with E-state index in [1.165, 1.54) is 38.5 Å². The van der Waals surface area contributed by atoms with Gasteiger partial charge in [0, 0.05) is 33.4 Å². The van der Waals surface area contributed by atoms with Crippen molar-refractivity contribution in [1.82, 2.24) is 0 Å². The maximum absolute atomic E-state index is 14.9. The highest BCUT2D eigenvalue weighted by Crippen LogP contribution is 2.44. The van der Waals surface area contributed by atoms with E-state index in [2.05, 4.69) is 0 Å². The number of sulfone groups is 1. The van der Waals surface area contributed by atoms with Gasteiger partial charge in [-0.1, -0.05) is 46.4 Å². The second-order valence-corrected chi connectivity index (χ2v) is 20.2. The van der Waals surface area contributed by atoms with E-state index in [0.29, 0.717) is 13.8 Å². The van der Waals surface area contributed by atoms with Crippen LogP contribution in [-0.4, -0.2) is 34.2 Å². The SMILES string of the molecule is COc1c(Cl)cc(C(=O)c2ccc(Oc3c(F)c(F)c(-c4c(F)c(F)c(C)c(F)c4F)c(F)c3F)cc2)cc1Cl.COc1c(Cl)cc(C(=O)c2ccc(Oc3c(F)c(F)c(S(=O)(=O)c4c(F)c(F)c(C)c(F)c4F)c(F)c3F)cc2)cc1Cl. The number of rotatable bonds is 13. The average molecular weight is 1280 g/mol. The zero-order valence-corrected chi connectivity index (χ0v) is 45.0. The van der Waals surface area contributed by atoms with Gasteiger partial charge in [0.25, 0.3) is 0 Å². The van der Waals surface area contributed by atoms with Crippen LogP contribution in [0.25, 0.3) is 11.1 Å². The highest BCUT2D eigenvalue weighted by Gasteiger charge is 2.41. The minimum Gasteiger partial charge on any atom is -0.494 e. The maximum atomic E-state index is 14.9. The van der Waals surface area contributed by atoms with E-state index in [4.69, 9.17) is 65.4 Å². The molecule has 0 saturated carbocycles. The highest BCUT2D eigenvalue weighted by molar-refractivity contribution is 7.91. The molecule has 0 aliphatic rings. The summed E-state index contributed by atoms with van der Waals surface area (Å²) in [5.41, 5.74) is -6.40. The molecule has 0 unspecified atom stereocenters. The molecule has 0 bridgehead atoms. The molecule has 0 atom stereocenters. The number of carbonyl (C=O) groups is 2. The van der Waals surface area contributed by atoms with Gasteiger partial charge in [0.05, 0.1) is 45.4 Å². The van der Waals surface area contributed by atoms with E-state index in [0.717, 1.165) is 48.5 Å². The summed E-state index contributed by atoms with van der Waals surface area (Å²) < 4.78 is 277. The molecule has 8 aromatic rings. The number of hydrogen-bond donors (Lipinski definition) is 0.